The van der Waals surface area contributed by atoms with Crippen molar-refractivity contribution in [1.29, 1.82) is 0 Å². The summed E-state index contributed by atoms with van der Waals surface area (Å²) in [6.07, 6.45) is 3.39. The highest BCUT2D eigenvalue weighted by molar-refractivity contribution is 6.04. The van der Waals surface area contributed by atoms with Crippen molar-refractivity contribution in [2.45, 2.75) is 6.54 Å². The van der Waals surface area contributed by atoms with Crippen LogP contribution in [0.5, 0.6) is 0 Å². The normalized spacial score (nSPS) is 10.5. The molecule has 0 saturated heterocycles. The first kappa shape index (κ1) is 18.3. The lowest BCUT2D eigenvalue weighted by molar-refractivity contribution is 0.0950. The fourth-order valence-corrected chi connectivity index (χ4v) is 2.88. The molecule has 6 nitrogen and oxygen atoms in total. The summed E-state index contributed by atoms with van der Waals surface area (Å²) in [4.78, 5) is 33.2. The average Bonchev–Trinajstić information content (AvgIpc) is 2.78. The number of hydrogen-bond donors (Lipinski definition) is 2. The Balaban J connectivity index is 1.39. The number of benzene rings is 2. The number of hydrogen-bond acceptors (Lipinski definition) is 4. The van der Waals surface area contributed by atoms with Gasteiger partial charge in [-0.3, -0.25) is 14.6 Å². The first-order valence-corrected chi connectivity index (χ1v) is 9.13. The number of nitrogens with zero attached hydrogens (tertiary/aromatic N) is 2. The monoisotopic (exact) mass is 382 g/mol. The second kappa shape index (κ2) is 8.31. The molecule has 0 fully saturated rings. The van der Waals surface area contributed by atoms with Crippen LogP contribution in [0.25, 0.3) is 10.9 Å². The summed E-state index contributed by atoms with van der Waals surface area (Å²) in [7, 11) is 0. The zero-order chi connectivity index (χ0) is 20.1. The average molecular weight is 382 g/mol. The van der Waals surface area contributed by atoms with E-state index in [1.807, 2.05) is 42.5 Å². The largest absolute Gasteiger partial charge is 0.348 e. The number of rotatable bonds is 5. The van der Waals surface area contributed by atoms with Gasteiger partial charge >= 0.3 is 0 Å². The van der Waals surface area contributed by atoms with Crippen molar-refractivity contribution in [2.75, 3.05) is 5.32 Å². The lowest BCUT2D eigenvalue weighted by Gasteiger charge is -2.08. The van der Waals surface area contributed by atoms with Crippen LogP contribution in [0, 0.1) is 0 Å². The van der Waals surface area contributed by atoms with Crippen LogP contribution in [0.1, 0.15) is 26.4 Å². The van der Waals surface area contributed by atoms with E-state index in [0.717, 1.165) is 16.5 Å². The Morgan fingerprint density at radius 3 is 2.45 bits per heavy atom. The SMILES string of the molecule is O=C(NCc1cccnc1)c1ccc(NC(=O)c2ccc3ccccc3n2)cc1. The van der Waals surface area contributed by atoms with Gasteiger partial charge in [0, 0.05) is 35.6 Å². The molecular formula is C23H18N4O2. The molecule has 2 aromatic carbocycles. The van der Waals surface area contributed by atoms with Gasteiger partial charge in [-0.25, -0.2) is 4.98 Å². The predicted molar refractivity (Wildman–Crippen MR) is 112 cm³/mol. The summed E-state index contributed by atoms with van der Waals surface area (Å²) in [5.74, 6) is -0.493. The number of fused-ring (bicyclic) bond motifs is 1. The maximum Gasteiger partial charge on any atom is 0.274 e. The minimum atomic E-state index is -0.301. The first-order valence-electron chi connectivity index (χ1n) is 9.13. The number of carbonyl (C=O) groups is 2. The molecule has 0 radical (unpaired) electrons. The molecule has 6 heteroatoms. The van der Waals surface area contributed by atoms with Crippen LogP contribution in [0.2, 0.25) is 0 Å². The number of anilines is 1. The molecule has 0 aliphatic carbocycles. The Labute approximate surface area is 167 Å². The molecule has 0 atom stereocenters. The number of pyridine rings is 2. The highest BCUT2D eigenvalue weighted by Gasteiger charge is 2.10. The Kier molecular flexibility index (Phi) is 5.25. The van der Waals surface area contributed by atoms with Crippen LogP contribution in [-0.2, 0) is 6.54 Å². The molecule has 0 spiro atoms. The summed E-state index contributed by atoms with van der Waals surface area (Å²) in [5.41, 5.74) is 3.12. The molecule has 29 heavy (non-hydrogen) atoms. The van der Waals surface area contributed by atoms with Gasteiger partial charge in [0.15, 0.2) is 0 Å². The van der Waals surface area contributed by atoms with Gasteiger partial charge in [0.25, 0.3) is 11.8 Å². The van der Waals surface area contributed by atoms with Gasteiger partial charge in [0.2, 0.25) is 0 Å². The second-order valence-corrected chi connectivity index (χ2v) is 6.46. The third-order valence-corrected chi connectivity index (χ3v) is 4.41. The van der Waals surface area contributed by atoms with Crippen LogP contribution in [0.15, 0.2) is 85.2 Å². The zero-order valence-electron chi connectivity index (χ0n) is 15.5. The lowest BCUT2D eigenvalue weighted by atomic mass is 10.1. The van der Waals surface area contributed by atoms with Gasteiger partial charge in [-0.15, -0.1) is 0 Å². The predicted octanol–water partition coefficient (Wildman–Crippen LogP) is 3.81. The van der Waals surface area contributed by atoms with Crippen LogP contribution >= 0.6 is 0 Å². The Morgan fingerprint density at radius 2 is 1.66 bits per heavy atom. The van der Waals surface area contributed by atoms with Crippen LogP contribution in [0.3, 0.4) is 0 Å². The van der Waals surface area contributed by atoms with Crippen LogP contribution in [-0.4, -0.2) is 21.8 Å². The van der Waals surface area contributed by atoms with Crippen molar-refractivity contribution in [3.05, 3.63) is 102 Å². The van der Waals surface area contributed by atoms with Gasteiger partial charge in [-0.2, -0.15) is 0 Å². The van der Waals surface area contributed by atoms with E-state index in [1.54, 1.807) is 42.7 Å². The van der Waals surface area contributed by atoms with Crippen molar-refractivity contribution in [1.82, 2.24) is 15.3 Å². The molecule has 2 heterocycles. The number of amides is 2. The highest BCUT2D eigenvalue weighted by Crippen LogP contribution is 2.14. The molecule has 4 aromatic rings. The Hall–Kier alpha value is -4.06. The van der Waals surface area contributed by atoms with Gasteiger partial charge in [-0.1, -0.05) is 30.3 Å². The van der Waals surface area contributed by atoms with E-state index < -0.39 is 0 Å². The molecule has 2 aromatic heterocycles. The first-order chi connectivity index (χ1) is 14.2. The molecule has 0 bridgehead atoms. The smallest absolute Gasteiger partial charge is 0.274 e. The number of nitrogens with one attached hydrogen (secondary N) is 2. The van der Waals surface area contributed by atoms with Crippen molar-refractivity contribution in [3.63, 3.8) is 0 Å². The molecule has 2 amide bonds. The Morgan fingerprint density at radius 1 is 0.828 bits per heavy atom. The quantitative estimate of drug-likeness (QED) is 0.550. The maximum absolute atomic E-state index is 12.5. The summed E-state index contributed by atoms with van der Waals surface area (Å²) < 4.78 is 0. The fourth-order valence-electron chi connectivity index (χ4n) is 2.88. The Bertz CT molecular complexity index is 1160. The van der Waals surface area contributed by atoms with Gasteiger partial charge < -0.3 is 10.6 Å². The molecular weight excluding hydrogens is 364 g/mol. The molecule has 0 saturated carbocycles. The van der Waals surface area contributed by atoms with Crippen molar-refractivity contribution in [2.24, 2.45) is 0 Å². The summed E-state index contributed by atoms with van der Waals surface area (Å²) in [5, 5.41) is 6.63. The summed E-state index contributed by atoms with van der Waals surface area (Å²) in [6, 6.07) is 21.6. The number of aromatic nitrogens is 2. The van der Waals surface area contributed by atoms with E-state index in [2.05, 4.69) is 20.6 Å². The fraction of sp³-hybridized carbons (Fsp3) is 0.0435. The van der Waals surface area contributed by atoms with E-state index in [4.69, 9.17) is 0 Å². The van der Waals surface area contributed by atoms with E-state index in [0.29, 0.717) is 23.5 Å². The van der Waals surface area contributed by atoms with E-state index in [1.165, 1.54) is 0 Å². The standard InChI is InChI=1S/C23H18N4O2/c28-22(25-15-16-4-3-13-24-14-16)18-7-10-19(11-8-18)26-23(29)21-12-9-17-5-1-2-6-20(17)27-21/h1-14H,15H2,(H,25,28)(H,26,29). The molecule has 0 aliphatic heterocycles. The minimum absolute atomic E-state index is 0.192. The van der Waals surface area contributed by atoms with Crippen molar-refractivity contribution < 1.29 is 9.59 Å². The van der Waals surface area contributed by atoms with E-state index in [-0.39, 0.29) is 11.8 Å². The lowest BCUT2D eigenvalue weighted by Crippen LogP contribution is -2.22. The molecule has 142 valence electrons. The van der Waals surface area contributed by atoms with Crippen molar-refractivity contribution in [3.8, 4) is 0 Å². The zero-order valence-corrected chi connectivity index (χ0v) is 15.5. The third-order valence-electron chi connectivity index (χ3n) is 4.41. The third kappa shape index (κ3) is 4.44. The number of carbonyl (C=O) groups excluding carboxylic acids is 2. The highest BCUT2D eigenvalue weighted by atomic mass is 16.2. The van der Waals surface area contributed by atoms with Gasteiger partial charge in [-0.05, 0) is 48.0 Å². The van der Waals surface area contributed by atoms with E-state index >= 15 is 0 Å². The molecule has 0 aliphatic rings. The molecule has 0 unspecified atom stereocenters. The van der Waals surface area contributed by atoms with Gasteiger partial charge in [0.1, 0.15) is 5.69 Å². The summed E-state index contributed by atoms with van der Waals surface area (Å²) in [6.45, 7) is 0.402. The summed E-state index contributed by atoms with van der Waals surface area (Å²) >= 11 is 0. The molecule has 4 rings (SSSR count). The second-order valence-electron chi connectivity index (χ2n) is 6.46. The topological polar surface area (TPSA) is 84.0 Å². The number of para-hydroxylation sites is 1. The van der Waals surface area contributed by atoms with Gasteiger partial charge in [0.05, 0.1) is 5.52 Å². The molecule has 2 N–H and O–H groups in total. The maximum atomic E-state index is 12.5. The van der Waals surface area contributed by atoms with E-state index in [9.17, 15) is 9.59 Å². The minimum Gasteiger partial charge on any atom is -0.348 e. The van der Waals surface area contributed by atoms with Crippen LogP contribution < -0.4 is 10.6 Å². The van der Waals surface area contributed by atoms with Crippen molar-refractivity contribution >= 4 is 28.4 Å². The van der Waals surface area contributed by atoms with Crippen LogP contribution in [0.4, 0.5) is 5.69 Å².